The minimum Gasteiger partial charge on any atom is -0.352 e. The van der Waals surface area contributed by atoms with E-state index in [1.54, 1.807) is 42.5 Å². The first-order valence-corrected chi connectivity index (χ1v) is 15.9. The molecule has 0 aliphatic carbocycles. The molecule has 0 unspecified atom stereocenters. The lowest BCUT2D eigenvalue weighted by molar-refractivity contribution is -0.140. The van der Waals surface area contributed by atoms with Crippen molar-refractivity contribution in [3.63, 3.8) is 0 Å². The van der Waals surface area contributed by atoms with E-state index in [9.17, 15) is 18.0 Å². The van der Waals surface area contributed by atoms with Crippen LogP contribution in [0.25, 0.3) is 0 Å². The lowest BCUT2D eigenvalue weighted by Gasteiger charge is -2.34. The predicted molar refractivity (Wildman–Crippen MR) is 165 cm³/mol. The number of hydrogen-bond acceptors (Lipinski definition) is 4. The fourth-order valence-corrected chi connectivity index (χ4v) is 5.43. The van der Waals surface area contributed by atoms with Gasteiger partial charge >= 0.3 is 0 Å². The topological polar surface area (TPSA) is 86.8 Å². The van der Waals surface area contributed by atoms with Gasteiger partial charge in [0.1, 0.15) is 12.6 Å². The second-order valence-electron chi connectivity index (χ2n) is 9.38. The SMILES string of the molecule is CC[C@@H](C)NC(=O)[C@H](Cc1ccccc1)N(Cc1ccccc1Cl)C(=O)CN(c1ccc(I)cc1)S(C)(=O)=O. The van der Waals surface area contributed by atoms with Crippen LogP contribution in [0.15, 0.2) is 78.9 Å². The number of nitrogens with one attached hydrogen (secondary N) is 1. The van der Waals surface area contributed by atoms with Gasteiger partial charge in [0, 0.05) is 27.6 Å². The van der Waals surface area contributed by atoms with Crippen LogP contribution in [0.5, 0.6) is 0 Å². The van der Waals surface area contributed by atoms with E-state index in [1.165, 1.54) is 4.90 Å². The Labute approximate surface area is 249 Å². The van der Waals surface area contributed by atoms with Gasteiger partial charge in [-0.2, -0.15) is 0 Å². The third-order valence-electron chi connectivity index (χ3n) is 6.36. The highest BCUT2D eigenvalue weighted by Crippen LogP contribution is 2.23. The van der Waals surface area contributed by atoms with Crippen molar-refractivity contribution in [1.29, 1.82) is 0 Å². The molecule has 0 radical (unpaired) electrons. The summed E-state index contributed by atoms with van der Waals surface area (Å²) in [6.45, 7) is 3.44. The highest BCUT2D eigenvalue weighted by Gasteiger charge is 2.33. The third-order valence-corrected chi connectivity index (χ3v) is 8.59. The second-order valence-corrected chi connectivity index (χ2v) is 12.9. The van der Waals surface area contributed by atoms with Gasteiger partial charge in [-0.1, -0.05) is 67.1 Å². The van der Waals surface area contributed by atoms with Crippen molar-refractivity contribution in [3.05, 3.63) is 98.6 Å². The molecule has 3 aromatic rings. The molecule has 0 aliphatic heterocycles. The van der Waals surface area contributed by atoms with Crippen LogP contribution in [0.4, 0.5) is 5.69 Å². The number of nitrogens with zero attached hydrogens (tertiary/aromatic N) is 2. The molecule has 0 fully saturated rings. The quantitative estimate of drug-likeness (QED) is 0.264. The van der Waals surface area contributed by atoms with Crippen molar-refractivity contribution in [1.82, 2.24) is 10.2 Å². The molecule has 1 N–H and O–H groups in total. The van der Waals surface area contributed by atoms with Gasteiger partial charge in [0.25, 0.3) is 0 Å². The van der Waals surface area contributed by atoms with E-state index >= 15 is 0 Å². The Balaban J connectivity index is 2.06. The lowest BCUT2D eigenvalue weighted by atomic mass is 10.0. The molecule has 0 spiro atoms. The third kappa shape index (κ3) is 8.94. The van der Waals surface area contributed by atoms with Crippen LogP contribution in [-0.4, -0.2) is 50.0 Å². The van der Waals surface area contributed by atoms with Gasteiger partial charge in [-0.25, -0.2) is 8.42 Å². The fraction of sp³-hybridized carbons (Fsp3) is 0.310. The van der Waals surface area contributed by atoms with E-state index in [1.807, 2.05) is 50.2 Å². The Morgan fingerprint density at radius 1 is 0.974 bits per heavy atom. The van der Waals surface area contributed by atoms with Crippen molar-refractivity contribution < 1.29 is 18.0 Å². The number of hydrogen-bond donors (Lipinski definition) is 1. The molecule has 2 amide bonds. The molecular formula is C29H33ClIN3O4S. The van der Waals surface area contributed by atoms with E-state index in [4.69, 9.17) is 11.6 Å². The first-order chi connectivity index (χ1) is 18.5. The Bertz CT molecular complexity index is 1370. The summed E-state index contributed by atoms with van der Waals surface area (Å²) >= 11 is 8.60. The van der Waals surface area contributed by atoms with E-state index in [-0.39, 0.29) is 24.9 Å². The minimum absolute atomic E-state index is 0.0359. The molecule has 7 nitrogen and oxygen atoms in total. The average Bonchev–Trinajstić information content (AvgIpc) is 2.90. The van der Waals surface area contributed by atoms with Gasteiger partial charge in [0.05, 0.1) is 11.9 Å². The summed E-state index contributed by atoms with van der Waals surface area (Å²) in [6, 6.07) is 22.4. The lowest BCUT2D eigenvalue weighted by Crippen LogP contribution is -2.54. The maximum absolute atomic E-state index is 14.0. The zero-order chi connectivity index (χ0) is 28.6. The molecule has 0 heterocycles. The van der Waals surface area contributed by atoms with E-state index < -0.39 is 28.5 Å². The smallest absolute Gasteiger partial charge is 0.244 e. The molecule has 208 valence electrons. The fourth-order valence-electron chi connectivity index (χ4n) is 4.03. The van der Waals surface area contributed by atoms with Gasteiger partial charge in [-0.05, 0) is 77.4 Å². The van der Waals surface area contributed by atoms with Crippen molar-refractivity contribution in [2.45, 2.75) is 45.3 Å². The first-order valence-electron chi connectivity index (χ1n) is 12.6. The predicted octanol–water partition coefficient (Wildman–Crippen LogP) is 5.27. The number of sulfonamides is 1. The number of amides is 2. The van der Waals surface area contributed by atoms with Crippen LogP contribution in [0.1, 0.15) is 31.4 Å². The zero-order valence-electron chi connectivity index (χ0n) is 22.2. The summed E-state index contributed by atoms with van der Waals surface area (Å²) < 4.78 is 27.6. The number of anilines is 1. The molecule has 39 heavy (non-hydrogen) atoms. The summed E-state index contributed by atoms with van der Waals surface area (Å²) in [5.41, 5.74) is 1.89. The van der Waals surface area contributed by atoms with E-state index in [0.29, 0.717) is 16.3 Å². The molecule has 3 aromatic carbocycles. The van der Waals surface area contributed by atoms with Crippen LogP contribution in [0.3, 0.4) is 0 Å². The summed E-state index contributed by atoms with van der Waals surface area (Å²) in [5, 5.41) is 3.46. The Morgan fingerprint density at radius 3 is 2.18 bits per heavy atom. The second kappa shape index (κ2) is 14.1. The van der Waals surface area contributed by atoms with Gasteiger partial charge in [0.2, 0.25) is 21.8 Å². The van der Waals surface area contributed by atoms with Gasteiger partial charge in [-0.3, -0.25) is 13.9 Å². The number of carbonyl (C=O) groups is 2. The number of carbonyl (C=O) groups excluding carboxylic acids is 2. The van der Waals surface area contributed by atoms with Crippen LogP contribution in [0.2, 0.25) is 5.02 Å². The molecular weight excluding hydrogens is 649 g/mol. The highest BCUT2D eigenvalue weighted by atomic mass is 127. The van der Waals surface area contributed by atoms with Gasteiger partial charge in [0.15, 0.2) is 0 Å². The first kappa shape index (κ1) is 30.9. The maximum atomic E-state index is 14.0. The van der Waals surface area contributed by atoms with Crippen LogP contribution < -0.4 is 9.62 Å². The number of benzene rings is 3. The van der Waals surface area contributed by atoms with Gasteiger partial charge in [-0.15, -0.1) is 0 Å². The molecule has 2 atom stereocenters. The van der Waals surface area contributed by atoms with E-state index in [0.717, 1.165) is 26.1 Å². The summed E-state index contributed by atoms with van der Waals surface area (Å²) in [4.78, 5) is 29.1. The number of halogens is 2. The molecule has 0 bridgehead atoms. The van der Waals surface area contributed by atoms with Crippen LogP contribution >= 0.6 is 34.2 Å². The van der Waals surface area contributed by atoms with Crippen molar-refractivity contribution >= 4 is 61.7 Å². The standard InChI is InChI=1S/C29H33ClIN3O4S/c1-4-21(2)32-29(36)27(18-22-10-6-5-7-11-22)33(19-23-12-8-9-13-26(23)30)28(35)20-34(39(3,37)38)25-16-14-24(31)15-17-25/h5-17,21,27H,4,18-20H2,1-3H3,(H,32,36)/t21-,27+/m1/s1. The van der Waals surface area contributed by atoms with Crippen molar-refractivity contribution in [2.75, 3.05) is 17.1 Å². The van der Waals surface area contributed by atoms with Crippen LogP contribution in [0, 0.1) is 3.57 Å². The molecule has 10 heteroatoms. The summed E-state index contributed by atoms with van der Waals surface area (Å²) in [6.07, 6.45) is 2.03. The summed E-state index contributed by atoms with van der Waals surface area (Å²) in [5.74, 6) is -0.826. The Hall–Kier alpha value is -2.63. The van der Waals surface area contributed by atoms with Crippen molar-refractivity contribution in [2.24, 2.45) is 0 Å². The summed E-state index contributed by atoms with van der Waals surface area (Å²) in [7, 11) is -3.81. The maximum Gasteiger partial charge on any atom is 0.244 e. The number of rotatable bonds is 12. The molecule has 3 rings (SSSR count). The monoisotopic (exact) mass is 681 g/mol. The molecule has 0 aliphatic rings. The largest absolute Gasteiger partial charge is 0.352 e. The van der Waals surface area contributed by atoms with Crippen molar-refractivity contribution in [3.8, 4) is 0 Å². The van der Waals surface area contributed by atoms with Crippen LogP contribution in [-0.2, 0) is 32.6 Å². The van der Waals surface area contributed by atoms with Gasteiger partial charge < -0.3 is 10.2 Å². The normalized spacial score (nSPS) is 12.8. The highest BCUT2D eigenvalue weighted by molar-refractivity contribution is 14.1. The van der Waals surface area contributed by atoms with E-state index in [2.05, 4.69) is 27.9 Å². The Morgan fingerprint density at radius 2 is 1.59 bits per heavy atom. The molecule has 0 saturated carbocycles. The minimum atomic E-state index is -3.81. The average molecular weight is 682 g/mol. The molecule has 0 aromatic heterocycles. The molecule has 0 saturated heterocycles. The Kier molecular flexibility index (Phi) is 11.2. The zero-order valence-corrected chi connectivity index (χ0v) is 25.9.